The number of ether oxygens (including phenoxy) is 2. The van der Waals surface area contributed by atoms with Crippen molar-refractivity contribution in [3.8, 4) is 5.75 Å². The third-order valence-electron chi connectivity index (χ3n) is 4.13. The van der Waals surface area contributed by atoms with Crippen LogP contribution in [0.5, 0.6) is 5.75 Å². The maximum absolute atomic E-state index is 12.4. The molecule has 0 saturated carbocycles. The van der Waals surface area contributed by atoms with Gasteiger partial charge in [-0.3, -0.25) is 4.79 Å². The van der Waals surface area contributed by atoms with E-state index in [-0.39, 0.29) is 11.9 Å². The van der Waals surface area contributed by atoms with Gasteiger partial charge >= 0.3 is 5.97 Å². The van der Waals surface area contributed by atoms with Gasteiger partial charge in [0.25, 0.3) is 5.91 Å². The average Bonchev–Trinajstić information content (AvgIpc) is 2.64. The molecule has 144 valence electrons. The molecule has 0 spiro atoms. The van der Waals surface area contributed by atoms with Crippen molar-refractivity contribution >= 4 is 17.6 Å². The highest BCUT2D eigenvalue weighted by atomic mass is 16.6. The number of unbranched alkanes of at least 4 members (excludes halogenated alkanes) is 1. The van der Waals surface area contributed by atoms with Crippen molar-refractivity contribution in [2.24, 2.45) is 0 Å². The Labute approximate surface area is 160 Å². The molecule has 1 N–H and O–H groups in total. The van der Waals surface area contributed by atoms with E-state index in [2.05, 4.69) is 5.32 Å². The minimum Gasteiger partial charge on any atom is -0.479 e. The Morgan fingerprint density at radius 3 is 2.41 bits per heavy atom. The van der Waals surface area contributed by atoms with Crippen LogP contribution in [0.1, 0.15) is 48.2 Å². The SMILES string of the molecule is CCCCOC(=O)C(C)Oc1ccc(C(=O)Nc2ccc(C)cc2C)cc1. The molecular weight excluding hydrogens is 342 g/mol. The quantitative estimate of drug-likeness (QED) is 0.543. The van der Waals surface area contributed by atoms with Crippen LogP contribution in [-0.2, 0) is 9.53 Å². The van der Waals surface area contributed by atoms with Crippen LogP contribution < -0.4 is 10.1 Å². The summed E-state index contributed by atoms with van der Waals surface area (Å²) in [6.07, 6.45) is 1.11. The van der Waals surface area contributed by atoms with Crippen molar-refractivity contribution in [1.82, 2.24) is 0 Å². The summed E-state index contributed by atoms with van der Waals surface area (Å²) in [4.78, 5) is 24.3. The van der Waals surface area contributed by atoms with E-state index >= 15 is 0 Å². The third kappa shape index (κ3) is 6.13. The second kappa shape index (κ2) is 9.76. The molecule has 0 fully saturated rings. The summed E-state index contributed by atoms with van der Waals surface area (Å²) in [5, 5.41) is 2.91. The molecule has 0 aromatic heterocycles. The molecule has 0 aliphatic carbocycles. The molecule has 2 aromatic rings. The Morgan fingerprint density at radius 2 is 1.78 bits per heavy atom. The van der Waals surface area contributed by atoms with E-state index in [0.717, 1.165) is 29.7 Å². The van der Waals surface area contributed by atoms with Gasteiger partial charge in [-0.1, -0.05) is 31.0 Å². The van der Waals surface area contributed by atoms with Gasteiger partial charge in [-0.25, -0.2) is 4.79 Å². The van der Waals surface area contributed by atoms with Gasteiger partial charge in [0, 0.05) is 11.3 Å². The second-order valence-electron chi connectivity index (χ2n) is 6.58. The molecule has 0 aliphatic rings. The first kappa shape index (κ1) is 20.5. The van der Waals surface area contributed by atoms with Gasteiger partial charge in [0.1, 0.15) is 5.75 Å². The molecule has 0 heterocycles. The first-order chi connectivity index (χ1) is 12.9. The lowest BCUT2D eigenvalue weighted by atomic mass is 10.1. The topological polar surface area (TPSA) is 64.6 Å². The molecule has 5 heteroatoms. The smallest absolute Gasteiger partial charge is 0.347 e. The molecule has 27 heavy (non-hydrogen) atoms. The van der Waals surface area contributed by atoms with Crippen molar-refractivity contribution in [2.75, 3.05) is 11.9 Å². The number of carbonyl (C=O) groups is 2. The number of anilines is 1. The molecule has 1 atom stereocenters. The zero-order valence-corrected chi connectivity index (χ0v) is 16.4. The van der Waals surface area contributed by atoms with Gasteiger partial charge in [-0.15, -0.1) is 0 Å². The molecule has 1 unspecified atom stereocenters. The van der Waals surface area contributed by atoms with Crippen molar-refractivity contribution in [1.29, 1.82) is 0 Å². The average molecular weight is 369 g/mol. The Balaban J connectivity index is 1.93. The van der Waals surface area contributed by atoms with Crippen molar-refractivity contribution in [2.45, 2.75) is 46.6 Å². The maximum atomic E-state index is 12.4. The number of nitrogens with one attached hydrogen (secondary N) is 1. The molecular formula is C22H27NO4. The standard InChI is InChI=1S/C22H27NO4/c1-5-6-13-26-22(25)17(4)27-19-10-8-18(9-11-19)21(24)23-20-12-7-15(2)14-16(20)3/h7-12,14,17H,5-6,13H2,1-4H3,(H,23,24). The zero-order chi connectivity index (χ0) is 19.8. The number of aryl methyl sites for hydroxylation is 2. The zero-order valence-electron chi connectivity index (χ0n) is 16.4. The number of hydrogen-bond donors (Lipinski definition) is 1. The number of hydrogen-bond acceptors (Lipinski definition) is 4. The van der Waals surface area contributed by atoms with Crippen LogP contribution in [0.25, 0.3) is 0 Å². The molecule has 0 bridgehead atoms. The van der Waals surface area contributed by atoms with Gasteiger partial charge in [-0.2, -0.15) is 0 Å². The Bertz CT molecular complexity index is 783. The molecule has 2 rings (SSSR count). The normalized spacial score (nSPS) is 11.6. The van der Waals surface area contributed by atoms with Gasteiger partial charge in [0.05, 0.1) is 6.61 Å². The highest BCUT2D eigenvalue weighted by Crippen LogP contribution is 2.19. The Hall–Kier alpha value is -2.82. The van der Waals surface area contributed by atoms with Crippen molar-refractivity contribution in [3.63, 3.8) is 0 Å². The van der Waals surface area contributed by atoms with Crippen LogP contribution in [0.4, 0.5) is 5.69 Å². The predicted molar refractivity (Wildman–Crippen MR) is 106 cm³/mol. The van der Waals surface area contributed by atoms with Crippen LogP contribution in [0.3, 0.4) is 0 Å². The van der Waals surface area contributed by atoms with Crippen LogP contribution in [-0.4, -0.2) is 24.6 Å². The molecule has 2 aromatic carbocycles. The fraction of sp³-hybridized carbons (Fsp3) is 0.364. The molecule has 0 radical (unpaired) electrons. The summed E-state index contributed by atoms with van der Waals surface area (Å²) >= 11 is 0. The molecule has 1 amide bonds. The van der Waals surface area contributed by atoms with Crippen molar-refractivity contribution < 1.29 is 19.1 Å². The first-order valence-electron chi connectivity index (χ1n) is 9.22. The van der Waals surface area contributed by atoms with Crippen LogP contribution in [0.2, 0.25) is 0 Å². The van der Waals surface area contributed by atoms with Crippen LogP contribution in [0.15, 0.2) is 42.5 Å². The Kier molecular flexibility index (Phi) is 7.41. The number of benzene rings is 2. The summed E-state index contributed by atoms with van der Waals surface area (Å²) in [6, 6.07) is 12.6. The van der Waals surface area contributed by atoms with E-state index in [1.807, 2.05) is 39.0 Å². The highest BCUT2D eigenvalue weighted by molar-refractivity contribution is 6.04. The highest BCUT2D eigenvalue weighted by Gasteiger charge is 2.16. The van der Waals surface area contributed by atoms with Gasteiger partial charge < -0.3 is 14.8 Å². The lowest BCUT2D eigenvalue weighted by Crippen LogP contribution is -2.26. The fourth-order valence-corrected chi connectivity index (χ4v) is 2.52. The molecule has 5 nitrogen and oxygen atoms in total. The second-order valence-corrected chi connectivity index (χ2v) is 6.58. The van der Waals surface area contributed by atoms with E-state index < -0.39 is 6.10 Å². The van der Waals surface area contributed by atoms with E-state index in [1.165, 1.54) is 0 Å². The van der Waals surface area contributed by atoms with E-state index in [0.29, 0.717) is 17.9 Å². The molecule has 0 aliphatic heterocycles. The summed E-state index contributed by atoms with van der Waals surface area (Å²) in [7, 11) is 0. The number of esters is 1. The minimum absolute atomic E-state index is 0.194. The summed E-state index contributed by atoms with van der Waals surface area (Å²) in [5.41, 5.74) is 3.46. The van der Waals surface area contributed by atoms with Gasteiger partial charge in [0.2, 0.25) is 0 Å². The fourth-order valence-electron chi connectivity index (χ4n) is 2.52. The monoisotopic (exact) mass is 369 g/mol. The van der Waals surface area contributed by atoms with E-state index in [4.69, 9.17) is 9.47 Å². The summed E-state index contributed by atoms with van der Waals surface area (Å²) in [6.45, 7) is 8.06. The van der Waals surface area contributed by atoms with E-state index in [1.54, 1.807) is 31.2 Å². The Morgan fingerprint density at radius 1 is 1.07 bits per heavy atom. The van der Waals surface area contributed by atoms with Gasteiger partial charge in [-0.05, 0) is 63.1 Å². The van der Waals surface area contributed by atoms with Crippen LogP contribution in [0, 0.1) is 13.8 Å². The van der Waals surface area contributed by atoms with Crippen LogP contribution >= 0.6 is 0 Å². The number of rotatable bonds is 8. The lowest BCUT2D eigenvalue weighted by molar-refractivity contribution is -0.151. The summed E-state index contributed by atoms with van der Waals surface area (Å²) < 4.78 is 10.7. The first-order valence-corrected chi connectivity index (χ1v) is 9.22. The third-order valence-corrected chi connectivity index (χ3v) is 4.13. The maximum Gasteiger partial charge on any atom is 0.347 e. The summed E-state index contributed by atoms with van der Waals surface area (Å²) in [5.74, 6) is -0.0707. The lowest BCUT2D eigenvalue weighted by Gasteiger charge is -2.14. The largest absolute Gasteiger partial charge is 0.479 e. The number of carbonyl (C=O) groups excluding carboxylic acids is 2. The predicted octanol–water partition coefficient (Wildman–Crippen LogP) is 4.67. The minimum atomic E-state index is -0.697. The van der Waals surface area contributed by atoms with Gasteiger partial charge in [0.15, 0.2) is 6.10 Å². The molecule has 0 saturated heterocycles. The number of amides is 1. The van der Waals surface area contributed by atoms with E-state index in [9.17, 15) is 9.59 Å². The van der Waals surface area contributed by atoms with Crippen molar-refractivity contribution in [3.05, 3.63) is 59.2 Å².